The molecule has 3 heteroatoms. The van der Waals surface area contributed by atoms with Crippen LogP contribution in [0.2, 0.25) is 0 Å². The van der Waals surface area contributed by atoms with Gasteiger partial charge in [-0.15, -0.1) is 0 Å². The topological polar surface area (TPSA) is 47.3 Å². The first-order valence-corrected chi connectivity index (χ1v) is 7.59. The number of ether oxygens (including phenoxy) is 1. The maximum atomic E-state index is 5.99. The third-order valence-electron chi connectivity index (χ3n) is 5.37. The molecule has 3 N–H and O–H groups in total. The molecule has 3 nitrogen and oxygen atoms in total. The lowest BCUT2D eigenvalue weighted by atomic mass is 9.64. The quantitative estimate of drug-likeness (QED) is 0.764. The Kier molecular flexibility index (Phi) is 4.35. The van der Waals surface area contributed by atoms with E-state index < -0.39 is 0 Å². The minimum atomic E-state index is 0.268. The molecule has 0 amide bonds. The van der Waals surface area contributed by atoms with E-state index in [9.17, 15) is 0 Å². The third-order valence-corrected chi connectivity index (χ3v) is 5.37. The average Bonchev–Trinajstić information content (AvgIpc) is 2.82. The molecular formula is C15H30N2O. The molecule has 0 spiro atoms. The Labute approximate surface area is 112 Å². The van der Waals surface area contributed by atoms with Gasteiger partial charge in [-0.2, -0.15) is 0 Å². The SMILES string of the molecule is CCOC1CC(NCC2(CN)CCCC2)C1(C)C. The maximum absolute atomic E-state index is 5.99. The van der Waals surface area contributed by atoms with Crippen molar-refractivity contribution in [1.82, 2.24) is 5.32 Å². The van der Waals surface area contributed by atoms with Crippen LogP contribution in [0, 0.1) is 10.8 Å². The van der Waals surface area contributed by atoms with Crippen molar-refractivity contribution in [3.05, 3.63) is 0 Å². The number of hydrogen-bond acceptors (Lipinski definition) is 3. The lowest BCUT2D eigenvalue weighted by Gasteiger charge is -2.52. The summed E-state index contributed by atoms with van der Waals surface area (Å²) < 4.78 is 5.78. The molecule has 2 aliphatic carbocycles. The van der Waals surface area contributed by atoms with Gasteiger partial charge in [0.05, 0.1) is 6.10 Å². The van der Waals surface area contributed by atoms with Crippen LogP contribution in [0.25, 0.3) is 0 Å². The summed E-state index contributed by atoms with van der Waals surface area (Å²) >= 11 is 0. The van der Waals surface area contributed by atoms with Crippen LogP contribution in [0.1, 0.15) is 52.9 Å². The van der Waals surface area contributed by atoms with Gasteiger partial charge in [-0.25, -0.2) is 0 Å². The van der Waals surface area contributed by atoms with E-state index in [0.717, 1.165) is 26.1 Å². The van der Waals surface area contributed by atoms with Crippen LogP contribution in [0.5, 0.6) is 0 Å². The molecule has 0 radical (unpaired) electrons. The monoisotopic (exact) mass is 254 g/mol. The molecule has 2 fully saturated rings. The summed E-state index contributed by atoms with van der Waals surface area (Å²) in [6.45, 7) is 9.47. The van der Waals surface area contributed by atoms with Crippen molar-refractivity contribution < 1.29 is 4.74 Å². The summed E-state index contributed by atoms with van der Waals surface area (Å²) in [5, 5.41) is 3.77. The fourth-order valence-electron chi connectivity index (χ4n) is 3.63. The molecule has 0 aromatic rings. The van der Waals surface area contributed by atoms with E-state index in [1.807, 2.05) is 0 Å². The highest BCUT2D eigenvalue weighted by atomic mass is 16.5. The van der Waals surface area contributed by atoms with E-state index in [4.69, 9.17) is 10.5 Å². The van der Waals surface area contributed by atoms with E-state index >= 15 is 0 Å². The Morgan fingerprint density at radius 3 is 2.44 bits per heavy atom. The lowest BCUT2D eigenvalue weighted by Crippen LogP contribution is -2.62. The van der Waals surface area contributed by atoms with Crippen LogP contribution < -0.4 is 11.1 Å². The Bertz CT molecular complexity index is 272. The van der Waals surface area contributed by atoms with Gasteiger partial charge in [0, 0.05) is 24.6 Å². The molecule has 0 heterocycles. The van der Waals surface area contributed by atoms with Crippen molar-refractivity contribution in [1.29, 1.82) is 0 Å². The zero-order valence-electron chi connectivity index (χ0n) is 12.3. The first kappa shape index (κ1) is 14.3. The summed E-state index contributed by atoms with van der Waals surface area (Å²) in [5.41, 5.74) is 6.64. The van der Waals surface area contributed by atoms with Gasteiger partial charge < -0.3 is 15.8 Å². The molecule has 2 saturated carbocycles. The molecule has 0 saturated heterocycles. The summed E-state index contributed by atoms with van der Waals surface area (Å²) in [4.78, 5) is 0. The average molecular weight is 254 g/mol. The van der Waals surface area contributed by atoms with Gasteiger partial charge in [-0.05, 0) is 38.1 Å². The van der Waals surface area contributed by atoms with E-state index in [2.05, 4.69) is 26.1 Å². The molecular weight excluding hydrogens is 224 g/mol. The summed E-state index contributed by atoms with van der Waals surface area (Å²) in [6.07, 6.45) is 6.90. The largest absolute Gasteiger partial charge is 0.378 e. The van der Waals surface area contributed by atoms with Gasteiger partial charge in [0.1, 0.15) is 0 Å². The zero-order chi connectivity index (χ0) is 13.2. The molecule has 0 bridgehead atoms. The molecule has 0 aromatic heterocycles. The van der Waals surface area contributed by atoms with Crippen LogP contribution >= 0.6 is 0 Å². The molecule has 106 valence electrons. The Hall–Kier alpha value is -0.120. The second-order valence-electron chi connectivity index (χ2n) is 6.85. The van der Waals surface area contributed by atoms with Crippen molar-refractivity contribution >= 4 is 0 Å². The summed E-state index contributed by atoms with van der Waals surface area (Å²) in [5.74, 6) is 0. The van der Waals surface area contributed by atoms with Crippen LogP contribution in [0.4, 0.5) is 0 Å². The highest BCUT2D eigenvalue weighted by Gasteiger charge is 2.49. The van der Waals surface area contributed by atoms with Crippen molar-refractivity contribution in [2.24, 2.45) is 16.6 Å². The third kappa shape index (κ3) is 2.59. The first-order chi connectivity index (χ1) is 8.54. The van der Waals surface area contributed by atoms with E-state index in [-0.39, 0.29) is 5.41 Å². The van der Waals surface area contributed by atoms with Crippen LogP contribution in [0.15, 0.2) is 0 Å². The smallest absolute Gasteiger partial charge is 0.0655 e. The number of nitrogens with one attached hydrogen (secondary N) is 1. The molecule has 2 rings (SSSR count). The summed E-state index contributed by atoms with van der Waals surface area (Å²) in [7, 11) is 0. The van der Waals surface area contributed by atoms with Gasteiger partial charge in [-0.1, -0.05) is 26.7 Å². The normalized spacial score (nSPS) is 33.3. The minimum Gasteiger partial charge on any atom is -0.378 e. The summed E-state index contributed by atoms with van der Waals surface area (Å²) in [6, 6.07) is 0.595. The van der Waals surface area contributed by atoms with Gasteiger partial charge >= 0.3 is 0 Å². The predicted molar refractivity (Wildman–Crippen MR) is 75.6 cm³/mol. The Morgan fingerprint density at radius 1 is 1.28 bits per heavy atom. The Morgan fingerprint density at radius 2 is 1.94 bits per heavy atom. The first-order valence-electron chi connectivity index (χ1n) is 7.59. The second kappa shape index (κ2) is 5.48. The van der Waals surface area contributed by atoms with Crippen LogP contribution in [-0.4, -0.2) is 31.8 Å². The van der Waals surface area contributed by atoms with Crippen molar-refractivity contribution in [2.75, 3.05) is 19.7 Å². The van der Waals surface area contributed by atoms with Gasteiger partial charge in [0.25, 0.3) is 0 Å². The second-order valence-corrected chi connectivity index (χ2v) is 6.85. The predicted octanol–water partition coefficient (Wildman–Crippen LogP) is 2.30. The molecule has 2 aliphatic rings. The van der Waals surface area contributed by atoms with Crippen molar-refractivity contribution in [2.45, 2.75) is 65.0 Å². The van der Waals surface area contributed by atoms with Crippen molar-refractivity contribution in [3.63, 3.8) is 0 Å². The molecule has 2 unspecified atom stereocenters. The number of rotatable bonds is 6. The zero-order valence-corrected chi connectivity index (χ0v) is 12.3. The van der Waals surface area contributed by atoms with Gasteiger partial charge in [-0.3, -0.25) is 0 Å². The molecule has 0 aromatic carbocycles. The molecule has 18 heavy (non-hydrogen) atoms. The highest BCUT2D eigenvalue weighted by molar-refractivity contribution is 5.03. The fraction of sp³-hybridized carbons (Fsp3) is 1.00. The number of hydrogen-bond donors (Lipinski definition) is 2. The standard InChI is InChI=1S/C15H30N2O/c1-4-18-13-9-12(14(13,2)3)17-11-15(10-16)7-5-6-8-15/h12-13,17H,4-11,16H2,1-3H3. The van der Waals surface area contributed by atoms with Crippen molar-refractivity contribution in [3.8, 4) is 0 Å². The van der Waals surface area contributed by atoms with Crippen LogP contribution in [-0.2, 0) is 4.74 Å². The maximum Gasteiger partial charge on any atom is 0.0655 e. The van der Waals surface area contributed by atoms with E-state index in [1.54, 1.807) is 0 Å². The van der Waals surface area contributed by atoms with E-state index in [0.29, 0.717) is 17.6 Å². The van der Waals surface area contributed by atoms with E-state index in [1.165, 1.54) is 25.7 Å². The highest BCUT2D eigenvalue weighted by Crippen LogP contribution is 2.44. The number of nitrogens with two attached hydrogens (primary N) is 1. The van der Waals surface area contributed by atoms with Crippen LogP contribution in [0.3, 0.4) is 0 Å². The lowest BCUT2D eigenvalue weighted by molar-refractivity contribution is -0.115. The molecule has 2 atom stereocenters. The minimum absolute atomic E-state index is 0.268. The van der Waals surface area contributed by atoms with Gasteiger partial charge in [0.15, 0.2) is 0 Å². The molecule has 0 aliphatic heterocycles. The Balaban J connectivity index is 1.81. The fourth-order valence-corrected chi connectivity index (χ4v) is 3.63. The van der Waals surface area contributed by atoms with Gasteiger partial charge in [0.2, 0.25) is 0 Å².